The first kappa shape index (κ1) is 19.9. The van der Waals surface area contributed by atoms with Gasteiger partial charge in [0.2, 0.25) is 0 Å². The molecule has 2 aromatic carbocycles. The SMILES string of the molecule is Cl.c1csc(-c2ccc(Cc3ccc(OC[C@H]4CCCCN4)cc3)cc2)c1. The quantitative estimate of drug-likeness (QED) is 0.553. The van der Waals surface area contributed by atoms with Gasteiger partial charge in [0.1, 0.15) is 12.4 Å². The standard InChI is InChI=1S/C23H25NOS.ClH/c1-2-14-24-21(4-1)17-25-22-12-8-19(9-13-22)16-18-6-10-20(11-7-18)23-5-3-15-26-23;/h3,5-13,15,21,24H,1-2,4,14,16-17H2;1H/t21-;/m1./s1. The molecule has 3 aromatic rings. The maximum Gasteiger partial charge on any atom is 0.119 e. The molecule has 4 rings (SSSR count). The van der Waals surface area contributed by atoms with Crippen LogP contribution in [0.25, 0.3) is 10.4 Å². The summed E-state index contributed by atoms with van der Waals surface area (Å²) in [6, 6.07) is 22.2. The van der Waals surface area contributed by atoms with Crippen LogP contribution < -0.4 is 10.1 Å². The molecule has 0 spiro atoms. The van der Waals surface area contributed by atoms with Crippen LogP contribution in [0.2, 0.25) is 0 Å². The van der Waals surface area contributed by atoms with E-state index in [0.717, 1.165) is 25.3 Å². The fraction of sp³-hybridized carbons (Fsp3) is 0.304. The summed E-state index contributed by atoms with van der Waals surface area (Å²) in [5.41, 5.74) is 3.95. The lowest BCUT2D eigenvalue weighted by Gasteiger charge is -2.23. The van der Waals surface area contributed by atoms with E-state index in [1.165, 1.54) is 40.8 Å². The van der Waals surface area contributed by atoms with E-state index in [-0.39, 0.29) is 12.4 Å². The molecule has 2 nitrogen and oxygen atoms in total. The molecular weight excluding hydrogens is 374 g/mol. The summed E-state index contributed by atoms with van der Waals surface area (Å²) in [6.07, 6.45) is 4.78. The Kier molecular flexibility index (Phi) is 7.33. The van der Waals surface area contributed by atoms with Crippen LogP contribution in [-0.2, 0) is 6.42 Å². The fourth-order valence-electron chi connectivity index (χ4n) is 3.43. The topological polar surface area (TPSA) is 21.3 Å². The van der Waals surface area contributed by atoms with Crippen LogP contribution in [0.1, 0.15) is 30.4 Å². The number of ether oxygens (including phenoxy) is 1. The van der Waals surface area contributed by atoms with E-state index in [1.807, 2.05) is 0 Å². The van der Waals surface area contributed by atoms with Gasteiger partial charge in [-0.05, 0) is 66.1 Å². The average Bonchev–Trinajstić information content (AvgIpc) is 3.24. The third-order valence-electron chi connectivity index (χ3n) is 4.95. The minimum atomic E-state index is 0. The van der Waals surface area contributed by atoms with Crippen molar-refractivity contribution in [2.45, 2.75) is 31.7 Å². The summed E-state index contributed by atoms with van der Waals surface area (Å²) < 4.78 is 5.95. The van der Waals surface area contributed by atoms with E-state index < -0.39 is 0 Å². The molecule has 2 heterocycles. The summed E-state index contributed by atoms with van der Waals surface area (Å²) >= 11 is 1.78. The van der Waals surface area contributed by atoms with Gasteiger partial charge in [-0.15, -0.1) is 23.7 Å². The van der Waals surface area contributed by atoms with Crippen molar-refractivity contribution in [2.24, 2.45) is 0 Å². The predicted octanol–water partition coefficient (Wildman–Crippen LogP) is 5.95. The van der Waals surface area contributed by atoms with E-state index in [0.29, 0.717) is 6.04 Å². The summed E-state index contributed by atoms with van der Waals surface area (Å²) in [7, 11) is 0. The van der Waals surface area contributed by atoms with Crippen LogP contribution in [-0.4, -0.2) is 19.2 Å². The van der Waals surface area contributed by atoms with Crippen molar-refractivity contribution in [3.8, 4) is 16.2 Å². The van der Waals surface area contributed by atoms with E-state index in [4.69, 9.17) is 4.74 Å². The molecule has 4 heteroatoms. The van der Waals surface area contributed by atoms with Gasteiger partial charge >= 0.3 is 0 Å². The third kappa shape index (κ3) is 5.58. The Morgan fingerprint density at radius 1 is 0.926 bits per heavy atom. The lowest BCUT2D eigenvalue weighted by Crippen LogP contribution is -2.38. The predicted molar refractivity (Wildman–Crippen MR) is 117 cm³/mol. The van der Waals surface area contributed by atoms with E-state index in [2.05, 4.69) is 71.4 Å². The monoisotopic (exact) mass is 399 g/mol. The number of piperidine rings is 1. The average molecular weight is 400 g/mol. The number of nitrogens with one attached hydrogen (secondary N) is 1. The van der Waals surface area contributed by atoms with Crippen molar-refractivity contribution >= 4 is 23.7 Å². The first-order valence-electron chi connectivity index (χ1n) is 9.45. The van der Waals surface area contributed by atoms with Crippen LogP contribution in [0.4, 0.5) is 0 Å². The normalized spacial score (nSPS) is 16.5. The lowest BCUT2D eigenvalue weighted by atomic mass is 10.0. The zero-order valence-electron chi connectivity index (χ0n) is 15.4. The number of rotatable bonds is 6. The van der Waals surface area contributed by atoms with Crippen LogP contribution in [0.3, 0.4) is 0 Å². The summed E-state index contributed by atoms with van der Waals surface area (Å²) in [4.78, 5) is 1.32. The van der Waals surface area contributed by atoms with Crippen molar-refractivity contribution in [1.29, 1.82) is 0 Å². The van der Waals surface area contributed by atoms with Crippen LogP contribution in [0.15, 0.2) is 66.0 Å². The molecule has 0 bridgehead atoms. The van der Waals surface area contributed by atoms with Crippen molar-refractivity contribution in [3.05, 3.63) is 77.2 Å². The second-order valence-corrected chi connectivity index (χ2v) is 7.90. The first-order chi connectivity index (χ1) is 12.9. The number of hydrogen-bond donors (Lipinski definition) is 1. The smallest absolute Gasteiger partial charge is 0.119 e. The molecule has 0 saturated carbocycles. The molecule has 1 aliphatic heterocycles. The molecule has 27 heavy (non-hydrogen) atoms. The third-order valence-corrected chi connectivity index (χ3v) is 5.87. The molecule has 0 aliphatic carbocycles. The second-order valence-electron chi connectivity index (χ2n) is 6.95. The highest BCUT2D eigenvalue weighted by molar-refractivity contribution is 7.13. The lowest BCUT2D eigenvalue weighted by molar-refractivity contribution is 0.239. The summed E-state index contributed by atoms with van der Waals surface area (Å²) in [6.45, 7) is 1.89. The second kappa shape index (κ2) is 9.93. The largest absolute Gasteiger partial charge is 0.492 e. The van der Waals surface area contributed by atoms with Gasteiger partial charge in [-0.1, -0.05) is 48.9 Å². The van der Waals surface area contributed by atoms with Gasteiger partial charge in [0, 0.05) is 10.9 Å². The van der Waals surface area contributed by atoms with Crippen molar-refractivity contribution in [1.82, 2.24) is 5.32 Å². The van der Waals surface area contributed by atoms with Gasteiger partial charge in [-0.25, -0.2) is 0 Å². The summed E-state index contributed by atoms with van der Waals surface area (Å²) in [5.74, 6) is 0.967. The fourth-order valence-corrected chi connectivity index (χ4v) is 4.17. The molecule has 1 N–H and O–H groups in total. The van der Waals surface area contributed by atoms with Gasteiger partial charge in [0.25, 0.3) is 0 Å². The molecule has 0 unspecified atom stereocenters. The number of benzene rings is 2. The molecular formula is C23H26ClNOS. The molecule has 142 valence electrons. The van der Waals surface area contributed by atoms with Gasteiger partial charge in [0.15, 0.2) is 0 Å². The summed E-state index contributed by atoms with van der Waals surface area (Å²) in [5, 5.41) is 5.65. The minimum Gasteiger partial charge on any atom is -0.492 e. The molecule has 1 atom stereocenters. The number of halogens is 1. The van der Waals surface area contributed by atoms with Gasteiger partial charge in [-0.2, -0.15) is 0 Å². The number of hydrogen-bond acceptors (Lipinski definition) is 3. The highest BCUT2D eigenvalue weighted by Crippen LogP contribution is 2.25. The zero-order valence-corrected chi connectivity index (χ0v) is 17.0. The molecule has 0 amide bonds. The zero-order chi connectivity index (χ0) is 17.6. The Morgan fingerprint density at radius 3 is 2.30 bits per heavy atom. The molecule has 1 aromatic heterocycles. The Balaban J connectivity index is 0.00000210. The Labute approximate surface area is 172 Å². The first-order valence-corrected chi connectivity index (χ1v) is 10.3. The van der Waals surface area contributed by atoms with Gasteiger partial charge in [-0.3, -0.25) is 0 Å². The molecule has 1 saturated heterocycles. The Bertz CT molecular complexity index is 793. The van der Waals surface area contributed by atoms with E-state index >= 15 is 0 Å². The van der Waals surface area contributed by atoms with Crippen LogP contribution >= 0.6 is 23.7 Å². The van der Waals surface area contributed by atoms with Gasteiger partial charge < -0.3 is 10.1 Å². The van der Waals surface area contributed by atoms with Crippen molar-refractivity contribution in [3.63, 3.8) is 0 Å². The maximum atomic E-state index is 5.95. The molecule has 0 radical (unpaired) electrons. The molecule has 1 aliphatic rings. The van der Waals surface area contributed by atoms with Crippen molar-refractivity contribution in [2.75, 3.05) is 13.2 Å². The van der Waals surface area contributed by atoms with Crippen LogP contribution in [0.5, 0.6) is 5.75 Å². The van der Waals surface area contributed by atoms with Crippen molar-refractivity contribution < 1.29 is 4.74 Å². The van der Waals surface area contributed by atoms with E-state index in [9.17, 15) is 0 Å². The number of thiophene rings is 1. The molecule has 1 fully saturated rings. The van der Waals surface area contributed by atoms with Gasteiger partial charge in [0.05, 0.1) is 0 Å². The minimum absolute atomic E-state index is 0. The highest BCUT2D eigenvalue weighted by atomic mass is 35.5. The Hall–Kier alpha value is -1.81. The Morgan fingerprint density at radius 2 is 1.67 bits per heavy atom. The van der Waals surface area contributed by atoms with E-state index in [1.54, 1.807) is 11.3 Å². The maximum absolute atomic E-state index is 5.95. The van der Waals surface area contributed by atoms with Crippen LogP contribution in [0, 0.1) is 0 Å². The highest BCUT2D eigenvalue weighted by Gasteiger charge is 2.12.